The summed E-state index contributed by atoms with van der Waals surface area (Å²) in [6.07, 6.45) is 5.07. The average molecular weight is 423 g/mol. The van der Waals surface area contributed by atoms with Crippen molar-refractivity contribution in [1.29, 1.82) is 0 Å². The number of benzene rings is 2. The predicted molar refractivity (Wildman–Crippen MR) is 114 cm³/mol. The Morgan fingerprint density at radius 1 is 1.13 bits per heavy atom. The molecule has 1 aromatic heterocycles. The predicted octanol–water partition coefficient (Wildman–Crippen LogP) is 4.64. The third-order valence-corrected chi connectivity index (χ3v) is 7.13. The average Bonchev–Trinajstić information content (AvgIpc) is 3.17. The van der Waals surface area contributed by atoms with E-state index in [9.17, 15) is 5.11 Å². The molecule has 0 amide bonds. The summed E-state index contributed by atoms with van der Waals surface area (Å²) in [5.74, 6) is 2.43. The van der Waals surface area contributed by atoms with Crippen LogP contribution in [0.3, 0.4) is 0 Å². The van der Waals surface area contributed by atoms with E-state index in [1.165, 1.54) is 0 Å². The van der Waals surface area contributed by atoms with Crippen LogP contribution in [0.25, 0.3) is 11.5 Å². The van der Waals surface area contributed by atoms with Gasteiger partial charge in [0, 0.05) is 40.1 Å². The molecule has 4 aliphatic rings. The lowest BCUT2D eigenvalue weighted by atomic mass is 9.38. The second kappa shape index (κ2) is 6.58. The highest BCUT2D eigenvalue weighted by atomic mass is 35.5. The van der Waals surface area contributed by atoms with E-state index in [1.54, 1.807) is 12.1 Å². The number of aliphatic hydroxyl groups is 1. The first-order valence-corrected chi connectivity index (χ1v) is 10.8. The van der Waals surface area contributed by atoms with Crippen molar-refractivity contribution in [3.8, 4) is 17.2 Å². The van der Waals surface area contributed by atoms with Gasteiger partial charge in [0.2, 0.25) is 5.89 Å². The summed E-state index contributed by atoms with van der Waals surface area (Å²) in [6, 6.07) is 15.5. The Balaban J connectivity index is 1.07. The number of fused-ring (bicyclic) bond motifs is 1. The van der Waals surface area contributed by atoms with Crippen LogP contribution in [0.1, 0.15) is 43.1 Å². The second-order valence-corrected chi connectivity index (χ2v) is 9.48. The van der Waals surface area contributed by atoms with E-state index < -0.39 is 6.10 Å². The highest BCUT2D eigenvalue weighted by Gasteiger charge is 2.70. The molecule has 2 bridgehead atoms. The molecule has 0 radical (unpaired) electrons. The van der Waals surface area contributed by atoms with Gasteiger partial charge in [-0.25, -0.2) is 4.98 Å². The lowest BCUT2D eigenvalue weighted by Gasteiger charge is -2.70. The number of aliphatic hydroxyl groups excluding tert-OH is 1. The molecule has 7 rings (SSSR count). The summed E-state index contributed by atoms with van der Waals surface area (Å²) in [6.45, 7) is 0.723. The molecule has 6 heteroatoms. The quantitative estimate of drug-likeness (QED) is 0.626. The van der Waals surface area contributed by atoms with Crippen LogP contribution in [0.15, 0.2) is 59.1 Å². The summed E-state index contributed by atoms with van der Waals surface area (Å²) in [5.41, 5.74) is 2.08. The number of hydrogen-bond acceptors (Lipinski definition) is 5. The van der Waals surface area contributed by atoms with Crippen molar-refractivity contribution in [2.75, 3.05) is 6.54 Å². The zero-order chi connectivity index (χ0) is 20.3. The van der Waals surface area contributed by atoms with Gasteiger partial charge in [-0.15, -0.1) is 0 Å². The van der Waals surface area contributed by atoms with Gasteiger partial charge in [-0.3, -0.25) is 0 Å². The van der Waals surface area contributed by atoms with Gasteiger partial charge < -0.3 is 19.6 Å². The van der Waals surface area contributed by atoms with Crippen LogP contribution in [0.5, 0.6) is 5.75 Å². The number of halogens is 1. The zero-order valence-corrected chi connectivity index (χ0v) is 17.2. The number of aromatic nitrogens is 1. The molecular weight excluding hydrogens is 400 g/mol. The summed E-state index contributed by atoms with van der Waals surface area (Å²) >= 11 is 6.04. The molecule has 3 aliphatic carbocycles. The molecular formula is C24H23ClN2O3. The number of rotatable bonds is 5. The maximum Gasteiger partial charge on any atom is 0.226 e. The van der Waals surface area contributed by atoms with Crippen molar-refractivity contribution in [3.05, 3.63) is 71.1 Å². The number of nitrogens with zero attached hydrogens (tertiary/aromatic N) is 1. The molecule has 30 heavy (non-hydrogen) atoms. The van der Waals surface area contributed by atoms with E-state index in [0.717, 1.165) is 48.4 Å². The minimum absolute atomic E-state index is 0.0476. The fourth-order valence-electron chi connectivity index (χ4n) is 5.42. The third kappa shape index (κ3) is 2.88. The van der Waals surface area contributed by atoms with Crippen molar-refractivity contribution in [3.63, 3.8) is 0 Å². The van der Waals surface area contributed by atoms with E-state index in [4.69, 9.17) is 20.8 Å². The molecule has 3 aromatic rings. The van der Waals surface area contributed by atoms with Gasteiger partial charge >= 0.3 is 0 Å². The van der Waals surface area contributed by atoms with Crippen molar-refractivity contribution < 1.29 is 14.3 Å². The lowest BCUT2D eigenvalue weighted by Crippen LogP contribution is -2.76. The largest absolute Gasteiger partial charge is 0.489 e. The van der Waals surface area contributed by atoms with E-state index >= 15 is 0 Å². The van der Waals surface area contributed by atoms with Gasteiger partial charge in [-0.1, -0.05) is 29.8 Å². The monoisotopic (exact) mass is 422 g/mol. The highest BCUT2D eigenvalue weighted by molar-refractivity contribution is 6.30. The third-order valence-electron chi connectivity index (χ3n) is 6.89. The fourth-order valence-corrected chi connectivity index (χ4v) is 5.60. The summed E-state index contributed by atoms with van der Waals surface area (Å²) < 4.78 is 12.2. The smallest absolute Gasteiger partial charge is 0.226 e. The zero-order valence-electron chi connectivity index (χ0n) is 16.5. The molecule has 0 saturated heterocycles. The Labute approximate surface area is 180 Å². The number of hydrogen-bond donors (Lipinski definition) is 2. The molecule has 2 aromatic carbocycles. The van der Waals surface area contributed by atoms with Crippen LogP contribution in [-0.4, -0.2) is 28.3 Å². The molecule has 5 nitrogen and oxygen atoms in total. The first-order valence-electron chi connectivity index (χ1n) is 10.5. The van der Waals surface area contributed by atoms with Crippen LogP contribution >= 0.6 is 11.6 Å². The van der Waals surface area contributed by atoms with Crippen LogP contribution in [0.4, 0.5) is 0 Å². The Bertz CT molecular complexity index is 1080. The summed E-state index contributed by atoms with van der Waals surface area (Å²) in [7, 11) is 0. The van der Waals surface area contributed by atoms with E-state index in [1.807, 2.05) is 42.6 Å². The van der Waals surface area contributed by atoms with Crippen molar-refractivity contribution in [2.45, 2.75) is 48.8 Å². The molecule has 2 heterocycles. The van der Waals surface area contributed by atoms with E-state index in [0.29, 0.717) is 17.3 Å². The van der Waals surface area contributed by atoms with Gasteiger partial charge in [-0.05, 0) is 49.6 Å². The van der Waals surface area contributed by atoms with Crippen LogP contribution < -0.4 is 10.1 Å². The van der Waals surface area contributed by atoms with E-state index in [-0.39, 0.29) is 17.1 Å². The van der Waals surface area contributed by atoms with Crippen molar-refractivity contribution in [1.82, 2.24) is 10.3 Å². The number of nitrogens with one attached hydrogen (secondary N) is 1. The standard InChI is InChI=1S/C24H23ClN2O3/c25-16-6-7-20-18(8-16)19(28)9-17(29-20)10-27-24-12-23(13-24,14-24)21-11-26-22(30-21)15-4-2-1-3-5-15/h1-8,11,17,19,27-28H,9-10,12-14H2/t17-,19-,23?,24?/m1/s1. The minimum Gasteiger partial charge on any atom is -0.489 e. The van der Waals surface area contributed by atoms with Gasteiger partial charge in [0.1, 0.15) is 17.6 Å². The maximum absolute atomic E-state index is 10.5. The second-order valence-electron chi connectivity index (χ2n) is 9.04. The number of ether oxygens (including phenoxy) is 1. The van der Waals surface area contributed by atoms with Crippen molar-refractivity contribution in [2.24, 2.45) is 0 Å². The number of oxazole rings is 1. The SMILES string of the molecule is O[C@@H]1C[C@H](CNC23CC(c4cnc(-c5ccccc5)o4)(C2)C3)Oc2ccc(Cl)cc21. The first-order chi connectivity index (χ1) is 14.5. The molecule has 3 fully saturated rings. The van der Waals surface area contributed by atoms with Crippen LogP contribution in [-0.2, 0) is 5.41 Å². The van der Waals surface area contributed by atoms with Crippen LogP contribution in [0, 0.1) is 0 Å². The molecule has 0 spiro atoms. The lowest BCUT2D eigenvalue weighted by molar-refractivity contribution is -0.105. The van der Waals surface area contributed by atoms with E-state index in [2.05, 4.69) is 10.3 Å². The molecule has 2 atom stereocenters. The Morgan fingerprint density at radius 3 is 2.73 bits per heavy atom. The summed E-state index contributed by atoms with van der Waals surface area (Å²) in [5, 5.41) is 14.8. The molecule has 3 saturated carbocycles. The molecule has 154 valence electrons. The fraction of sp³-hybridized carbons (Fsp3) is 0.375. The topological polar surface area (TPSA) is 67.5 Å². The normalized spacial score (nSPS) is 31.3. The minimum atomic E-state index is -0.538. The summed E-state index contributed by atoms with van der Waals surface area (Å²) in [4.78, 5) is 4.49. The van der Waals surface area contributed by atoms with Gasteiger partial charge in [0.25, 0.3) is 0 Å². The Morgan fingerprint density at radius 2 is 1.93 bits per heavy atom. The molecule has 2 N–H and O–H groups in total. The highest BCUT2D eigenvalue weighted by Crippen LogP contribution is 2.68. The maximum atomic E-state index is 10.5. The molecule has 0 unspecified atom stereocenters. The Hall–Kier alpha value is -2.34. The first kappa shape index (κ1) is 18.4. The van der Waals surface area contributed by atoms with Crippen molar-refractivity contribution >= 4 is 11.6 Å². The van der Waals surface area contributed by atoms with Gasteiger partial charge in [-0.2, -0.15) is 0 Å². The molecule has 1 aliphatic heterocycles. The Kier molecular flexibility index (Phi) is 4.04. The van der Waals surface area contributed by atoms with Gasteiger partial charge in [0.15, 0.2) is 0 Å². The van der Waals surface area contributed by atoms with Crippen LogP contribution in [0.2, 0.25) is 5.02 Å². The van der Waals surface area contributed by atoms with Gasteiger partial charge in [0.05, 0.1) is 12.3 Å².